The molecule has 1 aliphatic heterocycles. The van der Waals surface area contributed by atoms with Crippen LogP contribution in [0.15, 0.2) is 18.5 Å². The quantitative estimate of drug-likeness (QED) is 0.822. The average molecular weight is 336 g/mol. The fourth-order valence-corrected chi connectivity index (χ4v) is 3.33. The van der Waals surface area contributed by atoms with Crippen molar-refractivity contribution in [1.29, 1.82) is 0 Å². The van der Waals surface area contributed by atoms with E-state index in [2.05, 4.69) is 21.8 Å². The molecule has 0 bridgehead atoms. The van der Waals surface area contributed by atoms with Gasteiger partial charge in [-0.25, -0.2) is 9.97 Å². The number of hydrogen-bond acceptors (Lipinski definition) is 5. The van der Waals surface area contributed by atoms with Crippen LogP contribution in [-0.4, -0.2) is 46.0 Å². The van der Waals surface area contributed by atoms with E-state index >= 15 is 0 Å². The SMILES string of the molecule is CC(c1cnc(N2CCC2C)c2cnc(Cl)cc12)C(CO)CO. The molecular formula is C17H22ClN3O2. The maximum atomic E-state index is 9.48. The van der Waals surface area contributed by atoms with Gasteiger partial charge in [0, 0.05) is 49.5 Å². The van der Waals surface area contributed by atoms with Crippen LogP contribution in [0.25, 0.3) is 10.8 Å². The van der Waals surface area contributed by atoms with Gasteiger partial charge in [0.25, 0.3) is 0 Å². The smallest absolute Gasteiger partial charge is 0.138 e. The van der Waals surface area contributed by atoms with Gasteiger partial charge in [0.1, 0.15) is 11.0 Å². The Balaban J connectivity index is 2.13. The number of fused-ring (bicyclic) bond motifs is 1. The Morgan fingerprint density at radius 1 is 1.26 bits per heavy atom. The highest BCUT2D eigenvalue weighted by Gasteiger charge is 2.28. The van der Waals surface area contributed by atoms with Crippen molar-refractivity contribution in [1.82, 2.24) is 9.97 Å². The second-order valence-corrected chi connectivity index (χ2v) is 6.72. The van der Waals surface area contributed by atoms with E-state index in [0.717, 1.165) is 28.7 Å². The third-order valence-electron chi connectivity index (χ3n) is 5.01. The third-order valence-corrected chi connectivity index (χ3v) is 5.21. The maximum absolute atomic E-state index is 9.48. The molecule has 2 aromatic heterocycles. The zero-order chi connectivity index (χ0) is 16.6. The standard InChI is InChI=1S/C17H22ClN3O2/c1-10-3-4-21(10)17-15-7-19-16(18)5-13(15)14(6-20-17)11(2)12(8-22)9-23/h5-7,10-12,22-23H,3-4,8-9H2,1-2H3. The lowest BCUT2D eigenvalue weighted by molar-refractivity contribution is 0.134. The number of aliphatic hydroxyl groups is 2. The van der Waals surface area contributed by atoms with Crippen LogP contribution < -0.4 is 4.90 Å². The highest BCUT2D eigenvalue weighted by atomic mass is 35.5. The van der Waals surface area contributed by atoms with Gasteiger partial charge >= 0.3 is 0 Å². The minimum absolute atomic E-state index is 0.0265. The van der Waals surface area contributed by atoms with E-state index in [4.69, 9.17) is 11.6 Å². The maximum Gasteiger partial charge on any atom is 0.138 e. The molecule has 3 heterocycles. The number of aliphatic hydroxyl groups excluding tert-OH is 2. The molecule has 0 aliphatic carbocycles. The summed E-state index contributed by atoms with van der Waals surface area (Å²) in [6, 6.07) is 2.33. The summed E-state index contributed by atoms with van der Waals surface area (Å²) in [6.07, 6.45) is 4.79. The molecular weight excluding hydrogens is 314 g/mol. The predicted molar refractivity (Wildman–Crippen MR) is 92.0 cm³/mol. The summed E-state index contributed by atoms with van der Waals surface area (Å²) in [7, 11) is 0. The molecule has 1 saturated heterocycles. The van der Waals surface area contributed by atoms with E-state index in [-0.39, 0.29) is 25.0 Å². The first-order chi connectivity index (χ1) is 11.1. The fraction of sp³-hybridized carbons (Fsp3) is 0.529. The Morgan fingerprint density at radius 3 is 2.57 bits per heavy atom. The summed E-state index contributed by atoms with van der Waals surface area (Å²) in [5.74, 6) is 0.686. The lowest BCUT2D eigenvalue weighted by Crippen LogP contribution is -2.46. The molecule has 2 atom stereocenters. The Bertz CT molecular complexity index is 706. The molecule has 6 heteroatoms. The Morgan fingerprint density at radius 2 is 2.00 bits per heavy atom. The molecule has 3 rings (SSSR count). The van der Waals surface area contributed by atoms with Crippen molar-refractivity contribution in [3.8, 4) is 0 Å². The molecule has 0 amide bonds. The predicted octanol–water partition coefficient (Wildman–Crippen LogP) is 2.59. The molecule has 1 aliphatic rings. The van der Waals surface area contributed by atoms with Crippen molar-refractivity contribution in [3.63, 3.8) is 0 Å². The second-order valence-electron chi connectivity index (χ2n) is 6.33. The zero-order valence-corrected chi connectivity index (χ0v) is 14.2. The van der Waals surface area contributed by atoms with Gasteiger partial charge in [-0.3, -0.25) is 0 Å². The van der Waals surface area contributed by atoms with E-state index in [1.54, 1.807) is 6.20 Å². The molecule has 2 aromatic rings. The van der Waals surface area contributed by atoms with E-state index in [0.29, 0.717) is 11.2 Å². The summed E-state index contributed by atoms with van der Waals surface area (Å²) in [4.78, 5) is 11.1. The molecule has 0 saturated carbocycles. The first kappa shape index (κ1) is 16.4. The number of halogens is 1. The van der Waals surface area contributed by atoms with Crippen molar-refractivity contribution in [2.75, 3.05) is 24.7 Å². The fourth-order valence-electron chi connectivity index (χ4n) is 3.17. The first-order valence-corrected chi connectivity index (χ1v) is 8.37. The number of aromatic nitrogens is 2. The summed E-state index contributed by atoms with van der Waals surface area (Å²) in [5, 5.41) is 21.4. The molecule has 23 heavy (non-hydrogen) atoms. The summed E-state index contributed by atoms with van der Waals surface area (Å²) in [6.45, 7) is 5.04. The second kappa shape index (κ2) is 6.59. The summed E-state index contributed by atoms with van der Waals surface area (Å²) < 4.78 is 0. The van der Waals surface area contributed by atoms with E-state index in [1.807, 2.05) is 19.2 Å². The average Bonchev–Trinajstić information content (AvgIpc) is 2.54. The van der Waals surface area contributed by atoms with Gasteiger partial charge in [-0.15, -0.1) is 0 Å². The number of hydrogen-bond donors (Lipinski definition) is 2. The largest absolute Gasteiger partial charge is 0.396 e. The van der Waals surface area contributed by atoms with Gasteiger partial charge in [0.05, 0.1) is 0 Å². The number of nitrogens with zero attached hydrogens (tertiary/aromatic N) is 3. The van der Waals surface area contributed by atoms with Crippen LogP contribution in [0.4, 0.5) is 5.82 Å². The van der Waals surface area contributed by atoms with Crippen molar-refractivity contribution in [2.45, 2.75) is 32.2 Å². The number of anilines is 1. The monoisotopic (exact) mass is 335 g/mol. The molecule has 2 unspecified atom stereocenters. The van der Waals surface area contributed by atoms with Crippen molar-refractivity contribution in [2.24, 2.45) is 5.92 Å². The highest BCUT2D eigenvalue weighted by molar-refractivity contribution is 6.30. The lowest BCUT2D eigenvalue weighted by Gasteiger charge is -2.40. The highest BCUT2D eigenvalue weighted by Crippen LogP contribution is 2.37. The topological polar surface area (TPSA) is 69.5 Å². The van der Waals surface area contributed by atoms with Gasteiger partial charge in [-0.05, 0) is 36.3 Å². The molecule has 2 N–H and O–H groups in total. The van der Waals surface area contributed by atoms with E-state index in [1.165, 1.54) is 6.42 Å². The minimum Gasteiger partial charge on any atom is -0.396 e. The molecule has 5 nitrogen and oxygen atoms in total. The van der Waals surface area contributed by atoms with Gasteiger partial charge < -0.3 is 15.1 Å². The zero-order valence-electron chi connectivity index (χ0n) is 13.4. The van der Waals surface area contributed by atoms with Crippen LogP contribution in [0.1, 0.15) is 31.7 Å². The molecule has 1 fully saturated rings. The Kier molecular flexibility index (Phi) is 4.71. The molecule has 124 valence electrons. The Hall–Kier alpha value is -1.43. The van der Waals surface area contributed by atoms with Crippen LogP contribution >= 0.6 is 11.6 Å². The van der Waals surface area contributed by atoms with Crippen LogP contribution in [0.2, 0.25) is 5.15 Å². The van der Waals surface area contributed by atoms with Crippen molar-refractivity contribution in [3.05, 3.63) is 29.2 Å². The van der Waals surface area contributed by atoms with Crippen molar-refractivity contribution >= 4 is 28.2 Å². The van der Waals surface area contributed by atoms with Gasteiger partial charge in [0.15, 0.2) is 0 Å². The minimum atomic E-state index is -0.222. The number of rotatable bonds is 5. The number of pyridine rings is 2. The van der Waals surface area contributed by atoms with Gasteiger partial charge in [0.2, 0.25) is 0 Å². The van der Waals surface area contributed by atoms with E-state index in [9.17, 15) is 10.2 Å². The van der Waals surface area contributed by atoms with Gasteiger partial charge in [-0.1, -0.05) is 18.5 Å². The van der Waals surface area contributed by atoms with Crippen LogP contribution in [0.3, 0.4) is 0 Å². The lowest BCUT2D eigenvalue weighted by atomic mass is 9.87. The first-order valence-electron chi connectivity index (χ1n) is 7.99. The normalized spacial score (nSPS) is 19.2. The Labute approximate surface area is 140 Å². The molecule has 0 spiro atoms. The third kappa shape index (κ3) is 2.89. The van der Waals surface area contributed by atoms with Gasteiger partial charge in [-0.2, -0.15) is 0 Å². The molecule has 0 radical (unpaired) electrons. The molecule has 0 aromatic carbocycles. The van der Waals surface area contributed by atoms with Crippen molar-refractivity contribution < 1.29 is 10.2 Å². The van der Waals surface area contributed by atoms with Crippen LogP contribution in [0, 0.1) is 5.92 Å². The van der Waals surface area contributed by atoms with Crippen LogP contribution in [0.5, 0.6) is 0 Å². The van der Waals surface area contributed by atoms with E-state index < -0.39 is 0 Å². The summed E-state index contributed by atoms with van der Waals surface area (Å²) in [5.41, 5.74) is 0.981. The van der Waals surface area contributed by atoms with Crippen LogP contribution in [-0.2, 0) is 0 Å². The summed E-state index contributed by atoms with van der Waals surface area (Å²) >= 11 is 6.11.